The van der Waals surface area contributed by atoms with Crippen LogP contribution in [0.5, 0.6) is 11.5 Å². The Labute approximate surface area is 136 Å². The van der Waals surface area contributed by atoms with E-state index >= 15 is 0 Å². The molecule has 130 valence electrons. The number of carboxylic acid groups (broad SMARTS) is 2. The number of hydrogen-bond acceptors (Lipinski definition) is 5. The summed E-state index contributed by atoms with van der Waals surface area (Å²) in [4.78, 5) is 18.2. The predicted molar refractivity (Wildman–Crippen MR) is 86.0 cm³/mol. The lowest BCUT2D eigenvalue weighted by Gasteiger charge is -2.15. The number of ether oxygens (including phenoxy) is 2. The summed E-state index contributed by atoms with van der Waals surface area (Å²) in [6.07, 6.45) is 2.31. The van der Waals surface area contributed by atoms with Gasteiger partial charge in [-0.05, 0) is 30.5 Å². The molecule has 1 rings (SSSR count). The quantitative estimate of drug-likeness (QED) is 0.659. The zero-order valence-electron chi connectivity index (χ0n) is 14.0. The highest BCUT2D eigenvalue weighted by atomic mass is 16.5. The van der Waals surface area contributed by atoms with Crippen LogP contribution in [0.15, 0.2) is 18.2 Å². The summed E-state index contributed by atoms with van der Waals surface area (Å²) in [5.74, 6) is -2.08. The van der Waals surface area contributed by atoms with Crippen LogP contribution in [-0.2, 0) is 16.1 Å². The van der Waals surface area contributed by atoms with Crippen LogP contribution in [-0.4, -0.2) is 42.4 Å². The van der Waals surface area contributed by atoms with Crippen LogP contribution in [0.4, 0.5) is 0 Å². The van der Waals surface area contributed by atoms with Gasteiger partial charge in [0.1, 0.15) is 0 Å². The second-order valence-electron chi connectivity index (χ2n) is 4.69. The van der Waals surface area contributed by atoms with Gasteiger partial charge in [0, 0.05) is 12.6 Å². The van der Waals surface area contributed by atoms with Gasteiger partial charge < -0.3 is 25.0 Å². The molecule has 0 aliphatic carbocycles. The highest BCUT2D eigenvalue weighted by molar-refractivity contribution is 6.27. The van der Waals surface area contributed by atoms with Gasteiger partial charge in [0.15, 0.2) is 11.5 Å². The van der Waals surface area contributed by atoms with Crippen LogP contribution in [0.3, 0.4) is 0 Å². The molecule has 0 fully saturated rings. The molecule has 0 aliphatic heterocycles. The summed E-state index contributed by atoms with van der Waals surface area (Å²) >= 11 is 0. The predicted octanol–water partition coefficient (Wildman–Crippen LogP) is 2.14. The number of carbonyl (C=O) groups is 2. The van der Waals surface area contributed by atoms with Gasteiger partial charge in [-0.3, -0.25) is 0 Å². The Morgan fingerprint density at radius 2 is 1.57 bits per heavy atom. The summed E-state index contributed by atoms with van der Waals surface area (Å²) in [7, 11) is 3.32. The van der Waals surface area contributed by atoms with Crippen molar-refractivity contribution in [2.75, 3.05) is 14.2 Å². The molecule has 0 aromatic heterocycles. The lowest BCUT2D eigenvalue weighted by molar-refractivity contribution is -0.159. The van der Waals surface area contributed by atoms with E-state index in [1.165, 1.54) is 5.56 Å². The molecule has 0 atom stereocenters. The van der Waals surface area contributed by atoms with E-state index in [1.807, 2.05) is 12.1 Å². The normalized spacial score (nSPS) is 9.78. The van der Waals surface area contributed by atoms with Crippen LogP contribution in [0.2, 0.25) is 0 Å². The minimum Gasteiger partial charge on any atom is -0.493 e. The zero-order valence-corrected chi connectivity index (χ0v) is 14.0. The average molecular weight is 327 g/mol. The van der Waals surface area contributed by atoms with Crippen LogP contribution < -0.4 is 14.8 Å². The molecule has 3 N–H and O–H groups in total. The number of carboxylic acids is 2. The molecule has 0 bridgehead atoms. The van der Waals surface area contributed by atoms with Crippen molar-refractivity contribution in [2.45, 2.75) is 39.3 Å². The third-order valence-electron chi connectivity index (χ3n) is 3.21. The van der Waals surface area contributed by atoms with Crippen LogP contribution in [0.25, 0.3) is 0 Å². The molecule has 0 unspecified atom stereocenters. The van der Waals surface area contributed by atoms with Crippen molar-refractivity contribution >= 4 is 11.9 Å². The van der Waals surface area contributed by atoms with Gasteiger partial charge in [-0.15, -0.1) is 0 Å². The Kier molecular flexibility index (Phi) is 10.2. The number of methoxy groups -OCH3 is 2. The van der Waals surface area contributed by atoms with Gasteiger partial charge in [0.05, 0.1) is 14.2 Å². The van der Waals surface area contributed by atoms with E-state index in [9.17, 15) is 0 Å². The number of aliphatic carboxylic acids is 2. The molecule has 7 nitrogen and oxygen atoms in total. The van der Waals surface area contributed by atoms with Crippen LogP contribution >= 0.6 is 0 Å². The van der Waals surface area contributed by atoms with E-state index in [4.69, 9.17) is 29.3 Å². The van der Waals surface area contributed by atoms with Gasteiger partial charge in [-0.25, -0.2) is 9.59 Å². The second kappa shape index (κ2) is 11.3. The molecule has 0 saturated carbocycles. The number of benzene rings is 1. The third-order valence-corrected chi connectivity index (χ3v) is 3.21. The molecule has 0 amide bonds. The monoisotopic (exact) mass is 327 g/mol. The Morgan fingerprint density at radius 1 is 1.04 bits per heavy atom. The van der Waals surface area contributed by atoms with E-state index in [1.54, 1.807) is 14.2 Å². The van der Waals surface area contributed by atoms with Crippen molar-refractivity contribution in [3.05, 3.63) is 23.8 Å². The lowest BCUT2D eigenvalue weighted by Crippen LogP contribution is -2.26. The highest BCUT2D eigenvalue weighted by Gasteiger charge is 2.06. The zero-order chi connectivity index (χ0) is 17.8. The standard InChI is InChI=1S/C14H23NO2.C2H2O4/c1-5-12(6-2)15-10-11-7-8-13(16-3)14(9-11)17-4;3-1(4)2(5)6/h7-9,12,15H,5-6,10H2,1-4H3;(H,3,4)(H,5,6). The molecular weight excluding hydrogens is 302 g/mol. The van der Waals surface area contributed by atoms with Crippen molar-refractivity contribution in [2.24, 2.45) is 0 Å². The van der Waals surface area contributed by atoms with Crippen molar-refractivity contribution in [3.8, 4) is 11.5 Å². The van der Waals surface area contributed by atoms with E-state index < -0.39 is 11.9 Å². The minimum absolute atomic E-state index is 0.586. The van der Waals surface area contributed by atoms with Gasteiger partial charge >= 0.3 is 11.9 Å². The number of rotatable bonds is 7. The summed E-state index contributed by atoms with van der Waals surface area (Å²) in [5, 5.41) is 18.3. The summed E-state index contributed by atoms with van der Waals surface area (Å²) in [6.45, 7) is 5.28. The molecule has 1 aromatic carbocycles. The Bertz CT molecular complexity index is 487. The van der Waals surface area contributed by atoms with E-state index in [-0.39, 0.29) is 0 Å². The first-order valence-corrected chi connectivity index (χ1v) is 7.29. The molecule has 0 radical (unpaired) electrons. The van der Waals surface area contributed by atoms with Crippen molar-refractivity contribution < 1.29 is 29.3 Å². The maximum absolute atomic E-state index is 9.10. The summed E-state index contributed by atoms with van der Waals surface area (Å²) in [5.41, 5.74) is 1.22. The summed E-state index contributed by atoms with van der Waals surface area (Å²) in [6, 6.07) is 6.62. The smallest absolute Gasteiger partial charge is 0.414 e. The fourth-order valence-electron chi connectivity index (χ4n) is 1.83. The number of hydrogen-bond donors (Lipinski definition) is 3. The van der Waals surface area contributed by atoms with Crippen molar-refractivity contribution in [3.63, 3.8) is 0 Å². The lowest BCUT2D eigenvalue weighted by atomic mass is 10.1. The topological polar surface area (TPSA) is 105 Å². The SMILES string of the molecule is CCC(CC)NCc1ccc(OC)c(OC)c1.O=C(O)C(=O)O. The maximum atomic E-state index is 9.10. The van der Waals surface area contributed by atoms with E-state index in [0.717, 1.165) is 30.9 Å². The Hall–Kier alpha value is -2.28. The molecule has 0 heterocycles. The third kappa shape index (κ3) is 8.06. The van der Waals surface area contributed by atoms with Crippen molar-refractivity contribution in [1.82, 2.24) is 5.32 Å². The molecule has 23 heavy (non-hydrogen) atoms. The number of nitrogens with one attached hydrogen (secondary N) is 1. The van der Waals surface area contributed by atoms with Gasteiger partial charge in [-0.1, -0.05) is 19.9 Å². The van der Waals surface area contributed by atoms with E-state index in [2.05, 4.69) is 25.2 Å². The second-order valence-corrected chi connectivity index (χ2v) is 4.69. The van der Waals surface area contributed by atoms with Gasteiger partial charge in [0.25, 0.3) is 0 Å². The first-order chi connectivity index (χ1) is 10.9. The summed E-state index contributed by atoms with van der Waals surface area (Å²) < 4.78 is 10.5. The highest BCUT2D eigenvalue weighted by Crippen LogP contribution is 2.27. The van der Waals surface area contributed by atoms with Gasteiger partial charge in [0.2, 0.25) is 0 Å². The average Bonchev–Trinajstić information content (AvgIpc) is 2.55. The maximum Gasteiger partial charge on any atom is 0.414 e. The van der Waals surface area contributed by atoms with Crippen LogP contribution in [0.1, 0.15) is 32.3 Å². The Balaban J connectivity index is 0.000000688. The molecule has 0 spiro atoms. The first kappa shape index (κ1) is 20.7. The fraction of sp³-hybridized carbons (Fsp3) is 0.500. The van der Waals surface area contributed by atoms with Crippen LogP contribution in [0, 0.1) is 0 Å². The molecule has 7 heteroatoms. The molecule has 0 saturated heterocycles. The first-order valence-electron chi connectivity index (χ1n) is 7.29. The minimum atomic E-state index is -1.82. The van der Waals surface area contributed by atoms with Crippen molar-refractivity contribution in [1.29, 1.82) is 0 Å². The molecule has 1 aromatic rings. The van der Waals surface area contributed by atoms with Gasteiger partial charge in [-0.2, -0.15) is 0 Å². The van der Waals surface area contributed by atoms with E-state index in [0.29, 0.717) is 6.04 Å². The fourth-order valence-corrected chi connectivity index (χ4v) is 1.83. The largest absolute Gasteiger partial charge is 0.493 e. The molecule has 0 aliphatic rings. The molecular formula is C16H25NO6. The Morgan fingerprint density at radius 3 is 1.96 bits per heavy atom.